The van der Waals surface area contributed by atoms with E-state index in [1.54, 1.807) is 12.4 Å². The minimum atomic E-state index is -0.765. The van der Waals surface area contributed by atoms with Gasteiger partial charge in [0.2, 0.25) is 0 Å². The SMILES string of the molecule is NCc1cnccc1[C@@]1(OC(N)=O)CCCNC1. The summed E-state index contributed by atoms with van der Waals surface area (Å²) in [6.45, 7) is 1.81. The van der Waals surface area contributed by atoms with E-state index >= 15 is 0 Å². The van der Waals surface area contributed by atoms with Crippen LogP contribution in [0.25, 0.3) is 0 Å². The van der Waals surface area contributed by atoms with E-state index in [0.717, 1.165) is 30.5 Å². The largest absolute Gasteiger partial charge is 0.437 e. The molecule has 0 spiro atoms. The summed E-state index contributed by atoms with van der Waals surface area (Å²) in [6.07, 6.45) is 4.27. The van der Waals surface area contributed by atoms with E-state index in [1.807, 2.05) is 6.07 Å². The smallest absolute Gasteiger partial charge is 0.405 e. The van der Waals surface area contributed by atoms with Gasteiger partial charge in [-0.1, -0.05) is 0 Å². The highest BCUT2D eigenvalue weighted by Crippen LogP contribution is 2.34. The maximum atomic E-state index is 11.2. The number of carbonyl (C=O) groups excluding carboxylic acids is 1. The van der Waals surface area contributed by atoms with E-state index in [9.17, 15) is 4.79 Å². The molecule has 0 aliphatic carbocycles. The second kappa shape index (κ2) is 5.32. The molecule has 1 aromatic rings. The summed E-state index contributed by atoms with van der Waals surface area (Å²) in [4.78, 5) is 15.2. The molecule has 1 aliphatic heterocycles. The van der Waals surface area contributed by atoms with Crippen molar-refractivity contribution in [1.29, 1.82) is 0 Å². The molecule has 1 aliphatic rings. The van der Waals surface area contributed by atoms with Crippen LogP contribution in [-0.4, -0.2) is 24.2 Å². The number of ether oxygens (including phenoxy) is 1. The van der Waals surface area contributed by atoms with E-state index in [-0.39, 0.29) is 0 Å². The quantitative estimate of drug-likeness (QED) is 0.711. The number of nitrogens with zero attached hydrogens (tertiary/aromatic N) is 1. The molecule has 2 heterocycles. The Bertz CT molecular complexity index is 430. The van der Waals surface area contributed by atoms with Crippen LogP contribution in [0.15, 0.2) is 18.5 Å². The summed E-state index contributed by atoms with van der Waals surface area (Å²) in [5.41, 5.74) is 12.0. The van der Waals surface area contributed by atoms with E-state index < -0.39 is 11.7 Å². The molecular formula is C12H18N4O2. The predicted molar refractivity (Wildman–Crippen MR) is 66.6 cm³/mol. The highest BCUT2D eigenvalue weighted by molar-refractivity contribution is 5.65. The summed E-state index contributed by atoms with van der Waals surface area (Å²) in [5.74, 6) is 0. The van der Waals surface area contributed by atoms with Crippen molar-refractivity contribution in [2.24, 2.45) is 11.5 Å². The Kier molecular flexibility index (Phi) is 3.78. The molecule has 0 saturated carbocycles. The van der Waals surface area contributed by atoms with Crippen molar-refractivity contribution in [3.05, 3.63) is 29.6 Å². The van der Waals surface area contributed by atoms with Gasteiger partial charge in [0.25, 0.3) is 0 Å². The Morgan fingerprint density at radius 2 is 2.44 bits per heavy atom. The minimum absolute atomic E-state index is 0.354. The Labute approximate surface area is 106 Å². The number of nitrogens with two attached hydrogens (primary N) is 2. The first-order valence-electron chi connectivity index (χ1n) is 6.00. The molecule has 0 bridgehead atoms. The van der Waals surface area contributed by atoms with Gasteiger partial charge in [-0.25, -0.2) is 4.79 Å². The highest BCUT2D eigenvalue weighted by atomic mass is 16.6. The van der Waals surface area contributed by atoms with Gasteiger partial charge in [-0.3, -0.25) is 4.98 Å². The third-order valence-corrected chi connectivity index (χ3v) is 3.26. The number of pyridine rings is 1. The van der Waals surface area contributed by atoms with Crippen molar-refractivity contribution in [1.82, 2.24) is 10.3 Å². The summed E-state index contributed by atoms with van der Waals surface area (Å²) >= 11 is 0. The lowest BCUT2D eigenvalue weighted by atomic mass is 9.84. The van der Waals surface area contributed by atoms with Crippen molar-refractivity contribution in [2.45, 2.75) is 25.0 Å². The van der Waals surface area contributed by atoms with Crippen LogP contribution in [0.4, 0.5) is 4.79 Å². The third-order valence-electron chi connectivity index (χ3n) is 3.26. The van der Waals surface area contributed by atoms with Crippen LogP contribution in [0.1, 0.15) is 24.0 Å². The number of hydrogen-bond acceptors (Lipinski definition) is 5. The van der Waals surface area contributed by atoms with Gasteiger partial charge in [-0.05, 0) is 31.0 Å². The maximum Gasteiger partial charge on any atom is 0.405 e. The van der Waals surface area contributed by atoms with Gasteiger partial charge in [-0.15, -0.1) is 0 Å². The topological polar surface area (TPSA) is 103 Å². The Hall–Kier alpha value is -1.66. The average Bonchev–Trinajstić information content (AvgIpc) is 2.39. The molecule has 0 radical (unpaired) electrons. The van der Waals surface area contributed by atoms with Crippen molar-refractivity contribution < 1.29 is 9.53 Å². The number of piperidine rings is 1. The van der Waals surface area contributed by atoms with Crippen LogP contribution in [0, 0.1) is 0 Å². The fraction of sp³-hybridized carbons (Fsp3) is 0.500. The first-order valence-corrected chi connectivity index (χ1v) is 6.00. The normalized spacial score (nSPS) is 23.6. The van der Waals surface area contributed by atoms with Crippen LogP contribution in [0.5, 0.6) is 0 Å². The molecule has 1 fully saturated rings. The molecule has 1 atom stereocenters. The van der Waals surface area contributed by atoms with Crippen LogP contribution >= 0.6 is 0 Å². The lowest BCUT2D eigenvalue weighted by molar-refractivity contribution is -0.00655. The third kappa shape index (κ3) is 2.44. The number of carbonyl (C=O) groups is 1. The van der Waals surface area contributed by atoms with Gasteiger partial charge in [0, 0.05) is 31.0 Å². The second-order valence-corrected chi connectivity index (χ2v) is 4.43. The first kappa shape index (κ1) is 12.8. The van der Waals surface area contributed by atoms with Gasteiger partial charge in [-0.2, -0.15) is 0 Å². The monoisotopic (exact) mass is 250 g/mol. The van der Waals surface area contributed by atoms with E-state index in [2.05, 4.69) is 10.3 Å². The number of amides is 1. The fourth-order valence-electron chi connectivity index (χ4n) is 2.48. The molecule has 2 rings (SSSR count). The molecule has 0 unspecified atom stereocenters. The van der Waals surface area contributed by atoms with Crippen LogP contribution in [0.2, 0.25) is 0 Å². The zero-order valence-electron chi connectivity index (χ0n) is 10.2. The first-order chi connectivity index (χ1) is 8.68. The molecule has 18 heavy (non-hydrogen) atoms. The number of primary amides is 1. The van der Waals surface area contributed by atoms with Crippen molar-refractivity contribution in [3.63, 3.8) is 0 Å². The summed E-state index contributed by atoms with van der Waals surface area (Å²) in [7, 11) is 0. The number of hydrogen-bond donors (Lipinski definition) is 3. The number of rotatable bonds is 3. The van der Waals surface area contributed by atoms with Gasteiger partial charge in [0.15, 0.2) is 5.60 Å². The molecule has 5 N–H and O–H groups in total. The summed E-state index contributed by atoms with van der Waals surface area (Å²) in [6, 6.07) is 1.85. The standard InChI is InChI=1S/C12H18N4O2/c13-6-9-7-15-5-2-10(9)12(18-11(14)17)3-1-4-16-8-12/h2,5,7,16H,1,3-4,6,8,13H2,(H2,14,17)/t12-/m1/s1. The Morgan fingerprint density at radius 3 is 3.06 bits per heavy atom. The van der Waals surface area contributed by atoms with E-state index in [1.165, 1.54) is 0 Å². The molecule has 1 saturated heterocycles. The molecule has 1 aromatic heterocycles. The fourth-order valence-corrected chi connectivity index (χ4v) is 2.48. The second-order valence-electron chi connectivity index (χ2n) is 4.43. The van der Waals surface area contributed by atoms with Gasteiger partial charge >= 0.3 is 6.09 Å². The van der Waals surface area contributed by atoms with Gasteiger partial charge < -0.3 is 21.5 Å². The summed E-state index contributed by atoms with van der Waals surface area (Å²) in [5, 5.41) is 3.24. The van der Waals surface area contributed by atoms with Crippen molar-refractivity contribution in [3.8, 4) is 0 Å². The molecule has 98 valence electrons. The lowest BCUT2D eigenvalue weighted by Gasteiger charge is -2.37. The van der Waals surface area contributed by atoms with Crippen LogP contribution < -0.4 is 16.8 Å². The predicted octanol–water partition coefficient (Wildman–Crippen LogP) is 0.214. The lowest BCUT2D eigenvalue weighted by Crippen LogP contribution is -2.48. The molecule has 0 aromatic carbocycles. The Morgan fingerprint density at radius 1 is 1.61 bits per heavy atom. The maximum absolute atomic E-state index is 11.2. The van der Waals surface area contributed by atoms with Gasteiger partial charge in [0.05, 0.1) is 0 Å². The van der Waals surface area contributed by atoms with E-state index in [4.69, 9.17) is 16.2 Å². The van der Waals surface area contributed by atoms with Crippen LogP contribution in [0.3, 0.4) is 0 Å². The molecular weight excluding hydrogens is 232 g/mol. The zero-order chi connectivity index (χ0) is 13.0. The Balaban J connectivity index is 2.41. The van der Waals surface area contributed by atoms with Gasteiger partial charge in [0.1, 0.15) is 0 Å². The molecule has 1 amide bonds. The van der Waals surface area contributed by atoms with Crippen LogP contribution in [-0.2, 0) is 16.9 Å². The number of nitrogens with one attached hydrogen (secondary N) is 1. The number of aromatic nitrogens is 1. The summed E-state index contributed by atoms with van der Waals surface area (Å²) < 4.78 is 5.40. The molecule has 6 nitrogen and oxygen atoms in total. The average molecular weight is 250 g/mol. The minimum Gasteiger partial charge on any atom is -0.437 e. The molecule has 6 heteroatoms. The van der Waals surface area contributed by atoms with E-state index in [0.29, 0.717) is 13.1 Å². The van der Waals surface area contributed by atoms with Crippen molar-refractivity contribution in [2.75, 3.05) is 13.1 Å². The van der Waals surface area contributed by atoms with Crippen molar-refractivity contribution >= 4 is 6.09 Å². The highest BCUT2D eigenvalue weighted by Gasteiger charge is 2.38. The zero-order valence-corrected chi connectivity index (χ0v) is 10.2.